The van der Waals surface area contributed by atoms with Crippen molar-refractivity contribution in [3.8, 4) is 5.75 Å². The number of aromatic hydroxyl groups is 1. The Morgan fingerprint density at radius 1 is 1.03 bits per heavy atom. The molecule has 2 aromatic heterocycles. The lowest BCUT2D eigenvalue weighted by Crippen LogP contribution is -2.24. The van der Waals surface area contributed by atoms with E-state index in [2.05, 4.69) is 44.3 Å². The second-order valence-corrected chi connectivity index (χ2v) is 7.60. The van der Waals surface area contributed by atoms with Crippen LogP contribution in [0.4, 0.5) is 11.8 Å². The fourth-order valence-corrected chi connectivity index (χ4v) is 3.64. The highest BCUT2D eigenvalue weighted by Crippen LogP contribution is 2.23. The number of benzene rings is 1. The van der Waals surface area contributed by atoms with Crippen molar-refractivity contribution in [3.63, 3.8) is 0 Å². The lowest BCUT2D eigenvalue weighted by atomic mass is 10.1. The lowest BCUT2D eigenvalue weighted by molar-refractivity contribution is 0.298. The summed E-state index contributed by atoms with van der Waals surface area (Å²) >= 11 is 0. The molecule has 2 heterocycles. The number of aryl methyl sites for hydroxylation is 1. The van der Waals surface area contributed by atoms with Crippen LogP contribution in [0, 0.1) is 6.92 Å². The molecule has 3 aromatic rings. The van der Waals surface area contributed by atoms with Crippen molar-refractivity contribution in [2.45, 2.75) is 40.0 Å². The monoisotopic (exact) mass is 410 g/mol. The van der Waals surface area contributed by atoms with Crippen LogP contribution < -0.4 is 10.6 Å². The van der Waals surface area contributed by atoms with Crippen molar-refractivity contribution < 1.29 is 5.11 Å². The predicted molar refractivity (Wildman–Crippen MR) is 124 cm³/mol. The molecule has 0 aliphatic carbocycles. The summed E-state index contributed by atoms with van der Waals surface area (Å²) in [5.74, 6) is 1.80. The standard InChI is InChI=1S/C23H34N6O/c1-4-29(5-2)13-7-6-11-25-23-27-17(3)14-22(28-23)24-12-10-18-16-26-21-9-8-19(30)15-20(18)21/h8-9,14-16,26,30H,4-7,10-13H2,1-3H3,(H2,24,25,27,28). The van der Waals surface area contributed by atoms with Crippen molar-refractivity contribution in [3.05, 3.63) is 41.7 Å². The Kier molecular flexibility index (Phi) is 7.90. The zero-order valence-electron chi connectivity index (χ0n) is 18.3. The average molecular weight is 411 g/mol. The third-order valence-corrected chi connectivity index (χ3v) is 5.38. The van der Waals surface area contributed by atoms with Crippen molar-refractivity contribution >= 4 is 22.7 Å². The SMILES string of the molecule is CCN(CC)CCCCNc1nc(C)cc(NCCc2c[nH]c3ccc(O)cc23)n1. The van der Waals surface area contributed by atoms with Crippen molar-refractivity contribution in [1.29, 1.82) is 0 Å². The molecule has 1 aromatic carbocycles. The first-order valence-electron chi connectivity index (χ1n) is 10.9. The first kappa shape index (κ1) is 21.9. The summed E-state index contributed by atoms with van der Waals surface area (Å²) in [5.41, 5.74) is 3.15. The van der Waals surface area contributed by atoms with E-state index in [1.807, 2.05) is 25.3 Å². The highest BCUT2D eigenvalue weighted by atomic mass is 16.3. The van der Waals surface area contributed by atoms with Gasteiger partial charge in [-0.05, 0) is 69.6 Å². The van der Waals surface area contributed by atoms with Crippen LogP contribution in [-0.4, -0.2) is 57.7 Å². The highest BCUT2D eigenvalue weighted by molar-refractivity contribution is 5.84. The lowest BCUT2D eigenvalue weighted by Gasteiger charge is -2.17. The van der Waals surface area contributed by atoms with Gasteiger partial charge in [-0.15, -0.1) is 0 Å². The van der Waals surface area contributed by atoms with Crippen LogP contribution in [0.2, 0.25) is 0 Å². The minimum atomic E-state index is 0.288. The largest absolute Gasteiger partial charge is 0.508 e. The maximum atomic E-state index is 9.74. The van der Waals surface area contributed by atoms with E-state index >= 15 is 0 Å². The fourth-order valence-electron chi connectivity index (χ4n) is 3.64. The molecule has 0 saturated carbocycles. The van der Waals surface area contributed by atoms with Gasteiger partial charge in [0, 0.05) is 41.9 Å². The molecule has 30 heavy (non-hydrogen) atoms. The third kappa shape index (κ3) is 6.10. The Morgan fingerprint density at radius 3 is 2.67 bits per heavy atom. The molecule has 0 atom stereocenters. The van der Waals surface area contributed by atoms with Crippen molar-refractivity contribution in [1.82, 2.24) is 19.9 Å². The average Bonchev–Trinajstić information content (AvgIpc) is 3.12. The quantitative estimate of drug-likeness (QED) is 0.335. The van der Waals surface area contributed by atoms with Crippen LogP contribution in [0.1, 0.15) is 37.9 Å². The molecule has 0 fully saturated rings. The molecular formula is C23H34N6O. The van der Waals surface area contributed by atoms with Crippen molar-refractivity contribution in [2.24, 2.45) is 0 Å². The number of nitrogens with one attached hydrogen (secondary N) is 3. The van der Waals surface area contributed by atoms with Crippen LogP contribution in [0.3, 0.4) is 0 Å². The molecule has 3 rings (SSSR count). The normalized spacial score (nSPS) is 11.3. The van der Waals surface area contributed by atoms with Crippen LogP contribution in [0.5, 0.6) is 5.75 Å². The van der Waals surface area contributed by atoms with E-state index in [4.69, 9.17) is 0 Å². The predicted octanol–water partition coefficient (Wildman–Crippen LogP) is 4.16. The molecule has 162 valence electrons. The van der Waals surface area contributed by atoms with Crippen molar-refractivity contribution in [2.75, 3.05) is 43.4 Å². The first-order valence-corrected chi connectivity index (χ1v) is 10.9. The van der Waals surface area contributed by atoms with E-state index in [0.717, 1.165) is 68.0 Å². The number of hydrogen-bond donors (Lipinski definition) is 4. The van der Waals surface area contributed by atoms with E-state index in [0.29, 0.717) is 5.95 Å². The Labute approximate surface area is 178 Å². The van der Waals surface area contributed by atoms with Gasteiger partial charge in [-0.2, -0.15) is 4.98 Å². The van der Waals surface area contributed by atoms with Crippen LogP contribution in [0.15, 0.2) is 30.5 Å². The second kappa shape index (κ2) is 10.8. The van der Waals surface area contributed by atoms with Gasteiger partial charge in [0.15, 0.2) is 0 Å². The van der Waals surface area contributed by atoms with E-state index in [1.165, 1.54) is 12.0 Å². The number of hydrogen-bond acceptors (Lipinski definition) is 6. The Bertz CT molecular complexity index is 935. The zero-order valence-corrected chi connectivity index (χ0v) is 18.3. The number of unbranched alkanes of at least 4 members (excludes halogenated alkanes) is 1. The number of nitrogens with zero attached hydrogens (tertiary/aromatic N) is 3. The minimum absolute atomic E-state index is 0.288. The van der Waals surface area contributed by atoms with Gasteiger partial charge in [0.05, 0.1) is 0 Å². The van der Waals surface area contributed by atoms with Gasteiger partial charge in [0.1, 0.15) is 11.6 Å². The number of aromatic amines is 1. The third-order valence-electron chi connectivity index (χ3n) is 5.38. The summed E-state index contributed by atoms with van der Waals surface area (Å²) in [6.07, 6.45) is 5.11. The summed E-state index contributed by atoms with van der Waals surface area (Å²) in [4.78, 5) is 14.8. The second-order valence-electron chi connectivity index (χ2n) is 7.60. The van der Waals surface area contributed by atoms with E-state index in [-0.39, 0.29) is 5.75 Å². The van der Waals surface area contributed by atoms with E-state index in [1.54, 1.807) is 12.1 Å². The number of rotatable bonds is 12. The molecule has 0 amide bonds. The van der Waals surface area contributed by atoms with Gasteiger partial charge < -0.3 is 25.6 Å². The maximum absolute atomic E-state index is 9.74. The van der Waals surface area contributed by atoms with Gasteiger partial charge in [0.25, 0.3) is 0 Å². The van der Waals surface area contributed by atoms with Gasteiger partial charge in [0.2, 0.25) is 5.95 Å². The molecule has 0 saturated heterocycles. The first-order chi connectivity index (χ1) is 14.6. The summed E-state index contributed by atoms with van der Waals surface area (Å²) in [6, 6.07) is 7.36. The number of aromatic nitrogens is 3. The van der Waals surface area contributed by atoms with E-state index < -0.39 is 0 Å². The summed E-state index contributed by atoms with van der Waals surface area (Å²) in [5, 5.41) is 17.6. The fraction of sp³-hybridized carbons (Fsp3) is 0.478. The Morgan fingerprint density at radius 2 is 1.87 bits per heavy atom. The Hall–Kier alpha value is -2.80. The molecular weight excluding hydrogens is 376 g/mol. The topological polar surface area (TPSA) is 89.1 Å². The summed E-state index contributed by atoms with van der Waals surface area (Å²) in [6.45, 7) is 11.4. The number of fused-ring (bicyclic) bond motifs is 1. The molecule has 0 aliphatic heterocycles. The van der Waals surface area contributed by atoms with Gasteiger partial charge in [-0.1, -0.05) is 13.8 Å². The van der Waals surface area contributed by atoms with Crippen LogP contribution in [-0.2, 0) is 6.42 Å². The molecule has 0 radical (unpaired) electrons. The minimum Gasteiger partial charge on any atom is -0.508 e. The number of H-pyrrole nitrogens is 1. The number of anilines is 2. The summed E-state index contributed by atoms with van der Waals surface area (Å²) < 4.78 is 0. The molecule has 4 N–H and O–H groups in total. The Balaban J connectivity index is 1.48. The molecule has 7 nitrogen and oxygen atoms in total. The molecule has 0 aliphatic rings. The molecule has 0 bridgehead atoms. The van der Waals surface area contributed by atoms with Gasteiger partial charge in [-0.25, -0.2) is 4.98 Å². The highest BCUT2D eigenvalue weighted by Gasteiger charge is 2.06. The molecule has 7 heteroatoms. The maximum Gasteiger partial charge on any atom is 0.224 e. The van der Waals surface area contributed by atoms with Crippen LogP contribution in [0.25, 0.3) is 10.9 Å². The smallest absolute Gasteiger partial charge is 0.224 e. The van der Waals surface area contributed by atoms with Crippen LogP contribution >= 0.6 is 0 Å². The zero-order chi connectivity index (χ0) is 21.3. The molecule has 0 unspecified atom stereocenters. The molecule has 0 spiro atoms. The summed E-state index contributed by atoms with van der Waals surface area (Å²) in [7, 11) is 0. The number of phenolic OH excluding ortho intramolecular Hbond substituents is 1. The van der Waals surface area contributed by atoms with E-state index in [9.17, 15) is 5.11 Å². The number of phenols is 1. The van der Waals surface area contributed by atoms with Gasteiger partial charge in [-0.3, -0.25) is 0 Å². The van der Waals surface area contributed by atoms with Gasteiger partial charge >= 0.3 is 0 Å².